The van der Waals surface area contributed by atoms with E-state index in [1.165, 1.54) is 6.07 Å². The summed E-state index contributed by atoms with van der Waals surface area (Å²) < 4.78 is 42.6. The summed E-state index contributed by atoms with van der Waals surface area (Å²) in [7, 11) is 0. The van der Waals surface area contributed by atoms with Crippen LogP contribution in [0.4, 0.5) is 18.9 Å². The largest absolute Gasteiger partial charge is 0.452 e. The van der Waals surface area contributed by atoms with E-state index in [1.807, 2.05) is 0 Å². The van der Waals surface area contributed by atoms with Gasteiger partial charge in [-0.25, -0.2) is 9.78 Å². The molecule has 5 nitrogen and oxygen atoms in total. The SMILES string of the molecule is O=C(COC(=O)c1cc(Cl)nc2ccccc12)Nc1ccc(C(F)(F)F)cc1. The van der Waals surface area contributed by atoms with Crippen molar-refractivity contribution in [2.75, 3.05) is 11.9 Å². The molecular weight excluding hydrogens is 397 g/mol. The van der Waals surface area contributed by atoms with E-state index in [1.54, 1.807) is 24.3 Å². The molecule has 2 aromatic carbocycles. The molecule has 1 N–H and O–H groups in total. The minimum atomic E-state index is -4.47. The van der Waals surface area contributed by atoms with Crippen LogP contribution in [0, 0.1) is 0 Å². The second kappa shape index (κ2) is 7.85. The van der Waals surface area contributed by atoms with E-state index in [4.69, 9.17) is 16.3 Å². The summed E-state index contributed by atoms with van der Waals surface area (Å²) in [5.41, 5.74) is -0.0427. The molecule has 28 heavy (non-hydrogen) atoms. The van der Waals surface area contributed by atoms with E-state index in [0.717, 1.165) is 24.3 Å². The third-order valence-electron chi connectivity index (χ3n) is 3.74. The highest BCUT2D eigenvalue weighted by molar-refractivity contribution is 6.30. The molecule has 0 aliphatic heterocycles. The van der Waals surface area contributed by atoms with Crippen molar-refractivity contribution >= 4 is 40.1 Å². The van der Waals surface area contributed by atoms with Crippen LogP contribution in [0.25, 0.3) is 10.9 Å². The van der Waals surface area contributed by atoms with Gasteiger partial charge in [-0.3, -0.25) is 4.79 Å². The second-order valence-electron chi connectivity index (χ2n) is 5.71. The van der Waals surface area contributed by atoms with Crippen molar-refractivity contribution in [3.8, 4) is 0 Å². The molecule has 0 unspecified atom stereocenters. The molecule has 0 atom stereocenters. The van der Waals surface area contributed by atoms with Gasteiger partial charge in [0.2, 0.25) is 0 Å². The van der Waals surface area contributed by atoms with Gasteiger partial charge in [-0.05, 0) is 36.4 Å². The molecule has 1 amide bonds. The van der Waals surface area contributed by atoms with Gasteiger partial charge in [0.15, 0.2) is 6.61 Å². The number of esters is 1. The average molecular weight is 409 g/mol. The first-order valence-corrected chi connectivity index (χ1v) is 8.31. The Morgan fingerprint density at radius 2 is 1.75 bits per heavy atom. The Bertz CT molecular complexity index is 1040. The molecule has 0 spiro atoms. The third-order valence-corrected chi connectivity index (χ3v) is 3.93. The fraction of sp³-hybridized carbons (Fsp3) is 0.105. The van der Waals surface area contributed by atoms with Gasteiger partial charge in [-0.2, -0.15) is 13.2 Å². The minimum absolute atomic E-state index is 0.0971. The number of ether oxygens (including phenoxy) is 1. The third kappa shape index (κ3) is 4.58. The smallest absolute Gasteiger partial charge is 0.416 e. The Labute approximate surface area is 162 Å². The normalized spacial score (nSPS) is 11.3. The van der Waals surface area contributed by atoms with Gasteiger partial charge >= 0.3 is 12.1 Å². The number of benzene rings is 2. The van der Waals surface area contributed by atoms with E-state index in [2.05, 4.69) is 10.3 Å². The van der Waals surface area contributed by atoms with Gasteiger partial charge in [0.25, 0.3) is 5.91 Å². The number of amides is 1. The first-order valence-electron chi connectivity index (χ1n) is 7.93. The highest BCUT2D eigenvalue weighted by atomic mass is 35.5. The van der Waals surface area contributed by atoms with Crippen molar-refractivity contribution in [1.29, 1.82) is 0 Å². The molecule has 0 bridgehead atoms. The summed E-state index contributed by atoms with van der Waals surface area (Å²) in [5, 5.41) is 2.97. The van der Waals surface area contributed by atoms with E-state index >= 15 is 0 Å². The van der Waals surface area contributed by atoms with E-state index < -0.39 is 30.2 Å². The first-order chi connectivity index (χ1) is 13.2. The van der Waals surface area contributed by atoms with Gasteiger partial charge in [0, 0.05) is 11.1 Å². The summed E-state index contributed by atoms with van der Waals surface area (Å²) in [6, 6.07) is 12.0. The maximum atomic E-state index is 12.5. The molecule has 0 saturated carbocycles. The predicted molar refractivity (Wildman–Crippen MR) is 97.1 cm³/mol. The van der Waals surface area contributed by atoms with Gasteiger partial charge in [0.1, 0.15) is 5.15 Å². The maximum absolute atomic E-state index is 12.5. The Morgan fingerprint density at radius 3 is 2.43 bits per heavy atom. The number of nitrogens with zero attached hydrogens (tertiary/aromatic N) is 1. The van der Waals surface area contributed by atoms with Crippen molar-refractivity contribution < 1.29 is 27.5 Å². The van der Waals surface area contributed by atoms with Crippen LogP contribution in [0.5, 0.6) is 0 Å². The first kappa shape index (κ1) is 19.6. The second-order valence-corrected chi connectivity index (χ2v) is 6.10. The summed E-state index contributed by atoms with van der Waals surface area (Å²) in [6.45, 7) is -0.617. The molecule has 144 valence electrons. The van der Waals surface area contributed by atoms with E-state index in [0.29, 0.717) is 10.9 Å². The molecule has 1 heterocycles. The number of carbonyl (C=O) groups excluding carboxylic acids is 2. The van der Waals surface area contributed by atoms with Crippen molar-refractivity contribution in [2.24, 2.45) is 0 Å². The lowest BCUT2D eigenvalue weighted by Crippen LogP contribution is -2.21. The van der Waals surface area contributed by atoms with Crippen LogP contribution in [0.3, 0.4) is 0 Å². The number of para-hydroxylation sites is 1. The zero-order chi connectivity index (χ0) is 20.3. The van der Waals surface area contributed by atoms with Crippen LogP contribution in [0.1, 0.15) is 15.9 Å². The topological polar surface area (TPSA) is 68.3 Å². The Hall–Kier alpha value is -3.13. The number of hydrogen-bond acceptors (Lipinski definition) is 4. The number of anilines is 1. The van der Waals surface area contributed by atoms with Gasteiger partial charge in [-0.1, -0.05) is 29.8 Å². The minimum Gasteiger partial charge on any atom is -0.452 e. The van der Waals surface area contributed by atoms with E-state index in [-0.39, 0.29) is 16.4 Å². The number of halogens is 4. The summed E-state index contributed by atoms with van der Waals surface area (Å²) >= 11 is 5.90. The van der Waals surface area contributed by atoms with E-state index in [9.17, 15) is 22.8 Å². The number of rotatable bonds is 4. The van der Waals surface area contributed by atoms with Crippen molar-refractivity contribution in [3.05, 3.63) is 70.9 Å². The number of aromatic nitrogens is 1. The van der Waals surface area contributed by atoms with Crippen molar-refractivity contribution in [3.63, 3.8) is 0 Å². The quantitative estimate of drug-likeness (QED) is 0.502. The molecule has 3 rings (SSSR count). The van der Waals surface area contributed by atoms with Crippen LogP contribution in [0.15, 0.2) is 54.6 Å². The number of pyridine rings is 1. The summed E-state index contributed by atoms with van der Waals surface area (Å²) in [4.78, 5) is 28.3. The predicted octanol–water partition coefficient (Wildman–Crippen LogP) is 4.70. The number of fused-ring (bicyclic) bond motifs is 1. The zero-order valence-electron chi connectivity index (χ0n) is 14.1. The maximum Gasteiger partial charge on any atom is 0.416 e. The number of nitrogens with one attached hydrogen (secondary N) is 1. The van der Waals surface area contributed by atoms with Crippen LogP contribution >= 0.6 is 11.6 Å². The molecule has 0 saturated heterocycles. The highest BCUT2D eigenvalue weighted by Crippen LogP contribution is 2.29. The standard InChI is InChI=1S/C19H12ClF3N2O3/c20-16-9-14(13-3-1-2-4-15(13)25-16)18(27)28-10-17(26)24-12-7-5-11(6-8-12)19(21,22)23/h1-9H,10H2,(H,24,26). The molecule has 1 aromatic heterocycles. The number of alkyl halides is 3. The van der Waals surface area contributed by atoms with Crippen LogP contribution in [-0.2, 0) is 15.7 Å². The van der Waals surface area contributed by atoms with Gasteiger partial charge in [-0.15, -0.1) is 0 Å². The highest BCUT2D eigenvalue weighted by Gasteiger charge is 2.30. The van der Waals surface area contributed by atoms with Crippen LogP contribution in [-0.4, -0.2) is 23.5 Å². The van der Waals surface area contributed by atoms with Crippen molar-refractivity contribution in [1.82, 2.24) is 4.98 Å². The van der Waals surface area contributed by atoms with Crippen molar-refractivity contribution in [2.45, 2.75) is 6.18 Å². The average Bonchev–Trinajstić information content (AvgIpc) is 2.65. The van der Waals surface area contributed by atoms with Crippen LogP contribution < -0.4 is 5.32 Å². The fourth-order valence-corrected chi connectivity index (χ4v) is 2.66. The number of hydrogen-bond donors (Lipinski definition) is 1. The monoisotopic (exact) mass is 408 g/mol. The Kier molecular flexibility index (Phi) is 5.51. The molecule has 0 aliphatic carbocycles. The summed E-state index contributed by atoms with van der Waals surface area (Å²) in [6.07, 6.45) is -4.47. The number of carbonyl (C=O) groups is 2. The fourth-order valence-electron chi connectivity index (χ4n) is 2.46. The zero-order valence-corrected chi connectivity index (χ0v) is 14.8. The van der Waals surface area contributed by atoms with Gasteiger partial charge < -0.3 is 10.1 Å². The Balaban J connectivity index is 1.64. The molecule has 9 heteroatoms. The summed E-state index contributed by atoms with van der Waals surface area (Å²) in [5.74, 6) is -1.47. The lowest BCUT2D eigenvalue weighted by atomic mass is 10.1. The lowest BCUT2D eigenvalue weighted by molar-refractivity contribution is -0.137. The molecule has 0 radical (unpaired) electrons. The molecule has 0 fully saturated rings. The van der Waals surface area contributed by atoms with Crippen LogP contribution in [0.2, 0.25) is 5.15 Å². The Morgan fingerprint density at radius 1 is 1.07 bits per heavy atom. The van der Waals surface area contributed by atoms with Gasteiger partial charge in [0.05, 0.1) is 16.6 Å². The lowest BCUT2D eigenvalue weighted by Gasteiger charge is -2.10. The molecule has 0 aliphatic rings. The molecule has 3 aromatic rings. The molecular formula is C19H12ClF3N2O3.